The van der Waals surface area contributed by atoms with Gasteiger partial charge in [0.05, 0.1) is 16.9 Å². The highest BCUT2D eigenvalue weighted by Crippen LogP contribution is 2.30. The van der Waals surface area contributed by atoms with Gasteiger partial charge in [0.1, 0.15) is 5.75 Å². The van der Waals surface area contributed by atoms with Gasteiger partial charge in [0.25, 0.3) is 0 Å². The summed E-state index contributed by atoms with van der Waals surface area (Å²) in [5.74, 6) is 0.346. The molecule has 1 saturated heterocycles. The first-order valence-electron chi connectivity index (χ1n) is 10.2. The minimum atomic E-state index is -3.67. The van der Waals surface area contributed by atoms with Crippen molar-refractivity contribution in [1.82, 2.24) is 9.62 Å². The fourth-order valence-corrected chi connectivity index (χ4v) is 5.25. The van der Waals surface area contributed by atoms with Crippen molar-refractivity contribution in [3.8, 4) is 5.75 Å². The van der Waals surface area contributed by atoms with E-state index in [1.807, 2.05) is 27.7 Å². The minimum Gasteiger partial charge on any atom is -0.491 e. The van der Waals surface area contributed by atoms with E-state index < -0.39 is 10.0 Å². The fraction of sp³-hybridized carbons (Fsp3) is 0.667. The Morgan fingerprint density at radius 1 is 1.32 bits per heavy atom. The molecule has 1 N–H and O–H groups in total. The number of ether oxygens (including phenoxy) is 1. The average molecular weight is 411 g/mol. The predicted octanol–water partition coefficient (Wildman–Crippen LogP) is 3.49. The number of amides is 1. The Balaban J connectivity index is 2.18. The number of carbonyl (C=O) groups excluding carboxylic acids is 1. The van der Waals surface area contributed by atoms with Crippen LogP contribution in [0.4, 0.5) is 0 Å². The van der Waals surface area contributed by atoms with Gasteiger partial charge in [0.15, 0.2) is 0 Å². The highest BCUT2D eigenvalue weighted by atomic mass is 32.2. The van der Waals surface area contributed by atoms with Gasteiger partial charge in [-0.2, -0.15) is 4.31 Å². The summed E-state index contributed by atoms with van der Waals surface area (Å²) < 4.78 is 33.7. The molecule has 7 heteroatoms. The Kier molecular flexibility index (Phi) is 7.89. The minimum absolute atomic E-state index is 0.0234. The van der Waals surface area contributed by atoms with Crippen LogP contribution in [0.1, 0.15) is 58.9 Å². The van der Waals surface area contributed by atoms with Gasteiger partial charge in [-0.1, -0.05) is 13.3 Å². The molecule has 0 aromatic heterocycles. The molecule has 158 valence electrons. The summed E-state index contributed by atoms with van der Waals surface area (Å²) in [6.07, 6.45) is 3.36. The molecule has 0 radical (unpaired) electrons. The van der Waals surface area contributed by atoms with E-state index in [0.717, 1.165) is 18.4 Å². The number of hydrogen-bond acceptors (Lipinski definition) is 4. The van der Waals surface area contributed by atoms with Gasteiger partial charge in [-0.05, 0) is 70.7 Å². The lowest BCUT2D eigenvalue weighted by Gasteiger charge is -2.36. The largest absolute Gasteiger partial charge is 0.491 e. The van der Waals surface area contributed by atoms with Crippen molar-refractivity contribution >= 4 is 15.9 Å². The topological polar surface area (TPSA) is 75.7 Å². The number of unbranched alkanes of at least 4 members (excludes halogenated alkanes) is 1. The van der Waals surface area contributed by atoms with Crippen LogP contribution in [0.5, 0.6) is 5.75 Å². The molecular formula is C21H34N2O4S. The van der Waals surface area contributed by atoms with E-state index in [1.54, 1.807) is 18.2 Å². The summed E-state index contributed by atoms with van der Waals surface area (Å²) in [5, 5.41) is 2.94. The second kappa shape index (κ2) is 9.74. The molecule has 0 aliphatic carbocycles. The normalized spacial score (nSPS) is 20.9. The molecule has 2 rings (SSSR count). The van der Waals surface area contributed by atoms with Crippen LogP contribution in [0.3, 0.4) is 0 Å². The van der Waals surface area contributed by atoms with Gasteiger partial charge in [0.2, 0.25) is 15.9 Å². The maximum Gasteiger partial charge on any atom is 0.243 e. The summed E-state index contributed by atoms with van der Waals surface area (Å²) in [5.41, 5.74) is 0.785. The smallest absolute Gasteiger partial charge is 0.243 e. The number of piperidine rings is 1. The Morgan fingerprint density at radius 2 is 2.04 bits per heavy atom. The molecule has 0 spiro atoms. The number of nitrogens with zero attached hydrogens (tertiary/aromatic N) is 1. The van der Waals surface area contributed by atoms with Crippen LogP contribution < -0.4 is 10.1 Å². The first kappa shape index (κ1) is 22.7. The molecule has 1 fully saturated rings. The summed E-state index contributed by atoms with van der Waals surface area (Å²) in [6, 6.07) is 4.84. The number of hydrogen-bond donors (Lipinski definition) is 1. The molecule has 1 aromatic carbocycles. The van der Waals surface area contributed by atoms with Crippen molar-refractivity contribution in [1.29, 1.82) is 0 Å². The average Bonchev–Trinajstić information content (AvgIpc) is 2.63. The van der Waals surface area contributed by atoms with E-state index in [1.165, 1.54) is 4.31 Å². The third-order valence-corrected chi connectivity index (χ3v) is 7.12. The number of rotatable bonds is 8. The Morgan fingerprint density at radius 3 is 2.64 bits per heavy atom. The lowest BCUT2D eigenvalue weighted by molar-refractivity contribution is -0.126. The zero-order valence-electron chi connectivity index (χ0n) is 17.7. The Bertz CT molecular complexity index is 777. The van der Waals surface area contributed by atoms with E-state index in [4.69, 9.17) is 4.74 Å². The lowest BCUT2D eigenvalue weighted by Crippen LogP contribution is -2.49. The second-order valence-corrected chi connectivity index (χ2v) is 9.83. The number of carbonyl (C=O) groups is 1. The van der Waals surface area contributed by atoms with Crippen LogP contribution in [0.2, 0.25) is 0 Å². The molecule has 0 saturated carbocycles. The molecule has 1 aliphatic heterocycles. The summed E-state index contributed by atoms with van der Waals surface area (Å²) in [4.78, 5) is 12.7. The van der Waals surface area contributed by atoms with E-state index in [9.17, 15) is 13.2 Å². The van der Waals surface area contributed by atoms with Gasteiger partial charge in [0, 0.05) is 19.1 Å². The summed E-state index contributed by atoms with van der Waals surface area (Å²) in [7, 11) is -3.67. The Labute approximate surface area is 169 Å². The van der Waals surface area contributed by atoms with E-state index in [2.05, 4.69) is 12.2 Å². The molecular weight excluding hydrogens is 376 g/mol. The van der Waals surface area contributed by atoms with Gasteiger partial charge >= 0.3 is 0 Å². The van der Waals surface area contributed by atoms with Crippen molar-refractivity contribution in [3.63, 3.8) is 0 Å². The second-order valence-electron chi connectivity index (χ2n) is 7.94. The van der Waals surface area contributed by atoms with Gasteiger partial charge < -0.3 is 10.1 Å². The van der Waals surface area contributed by atoms with Crippen molar-refractivity contribution in [2.75, 3.05) is 13.1 Å². The zero-order chi connectivity index (χ0) is 20.9. The van der Waals surface area contributed by atoms with E-state index in [-0.39, 0.29) is 35.4 Å². The third kappa shape index (κ3) is 5.47. The SMILES string of the molecule is CCCCNC(=O)C1CCC(C)N(S(=O)(=O)c2ccc(OC(C)C)c(C)c2)C1. The maximum atomic E-state index is 13.3. The van der Waals surface area contributed by atoms with Crippen molar-refractivity contribution in [2.24, 2.45) is 5.92 Å². The van der Waals surface area contributed by atoms with Crippen molar-refractivity contribution in [3.05, 3.63) is 23.8 Å². The predicted molar refractivity (Wildman–Crippen MR) is 111 cm³/mol. The van der Waals surface area contributed by atoms with Crippen LogP contribution >= 0.6 is 0 Å². The number of sulfonamides is 1. The summed E-state index contributed by atoms with van der Waals surface area (Å²) in [6.45, 7) is 10.6. The van der Waals surface area contributed by atoms with Crippen LogP contribution in [0.15, 0.2) is 23.1 Å². The Hall–Kier alpha value is -1.60. The first-order chi connectivity index (χ1) is 13.2. The quantitative estimate of drug-likeness (QED) is 0.666. The molecule has 6 nitrogen and oxygen atoms in total. The molecule has 1 aromatic rings. The molecule has 1 heterocycles. The fourth-order valence-electron chi connectivity index (χ4n) is 3.46. The van der Waals surface area contributed by atoms with Crippen molar-refractivity contribution < 1.29 is 17.9 Å². The highest BCUT2D eigenvalue weighted by molar-refractivity contribution is 7.89. The van der Waals surface area contributed by atoms with Gasteiger partial charge in [-0.3, -0.25) is 4.79 Å². The number of nitrogens with one attached hydrogen (secondary N) is 1. The monoisotopic (exact) mass is 410 g/mol. The maximum absolute atomic E-state index is 13.3. The van der Waals surface area contributed by atoms with E-state index in [0.29, 0.717) is 25.1 Å². The molecule has 2 atom stereocenters. The van der Waals surface area contributed by atoms with Crippen LogP contribution in [-0.4, -0.2) is 43.9 Å². The molecule has 1 aliphatic rings. The number of benzene rings is 1. The van der Waals surface area contributed by atoms with Gasteiger partial charge in [-0.15, -0.1) is 0 Å². The molecule has 2 unspecified atom stereocenters. The first-order valence-corrected chi connectivity index (χ1v) is 11.7. The zero-order valence-corrected chi connectivity index (χ0v) is 18.5. The molecule has 28 heavy (non-hydrogen) atoms. The number of aryl methyl sites for hydroxylation is 1. The lowest BCUT2D eigenvalue weighted by atomic mass is 9.94. The van der Waals surface area contributed by atoms with Crippen LogP contribution in [-0.2, 0) is 14.8 Å². The van der Waals surface area contributed by atoms with E-state index >= 15 is 0 Å². The van der Waals surface area contributed by atoms with Crippen LogP contribution in [0.25, 0.3) is 0 Å². The molecule has 0 bridgehead atoms. The standard InChI is InChI=1S/C21H34N2O4S/c1-6-7-12-22-21(24)18-9-8-17(5)23(14-18)28(25,26)19-10-11-20(16(4)13-19)27-15(2)3/h10-11,13,15,17-18H,6-9,12,14H2,1-5H3,(H,22,24). The third-order valence-electron chi connectivity index (χ3n) is 5.14. The molecule has 1 amide bonds. The van der Waals surface area contributed by atoms with Gasteiger partial charge in [-0.25, -0.2) is 8.42 Å². The van der Waals surface area contributed by atoms with Crippen molar-refractivity contribution in [2.45, 2.75) is 77.3 Å². The summed E-state index contributed by atoms with van der Waals surface area (Å²) >= 11 is 0. The van der Waals surface area contributed by atoms with Crippen LogP contribution in [0, 0.1) is 12.8 Å². The highest BCUT2D eigenvalue weighted by Gasteiger charge is 2.37.